The van der Waals surface area contributed by atoms with Crippen molar-refractivity contribution < 1.29 is 23.0 Å². The van der Waals surface area contributed by atoms with Gasteiger partial charge < -0.3 is 14.6 Å². The van der Waals surface area contributed by atoms with Gasteiger partial charge in [-0.1, -0.05) is 108 Å². The van der Waals surface area contributed by atoms with Gasteiger partial charge in [-0.2, -0.15) is 0 Å². The molecule has 2 heterocycles. The van der Waals surface area contributed by atoms with E-state index in [1.165, 1.54) is 0 Å². The van der Waals surface area contributed by atoms with Crippen molar-refractivity contribution in [1.29, 1.82) is 0 Å². The lowest BCUT2D eigenvalue weighted by Crippen LogP contribution is -2.31. The van der Waals surface area contributed by atoms with Crippen molar-refractivity contribution in [3.05, 3.63) is 130 Å². The van der Waals surface area contributed by atoms with E-state index < -0.39 is 16.3 Å². The summed E-state index contributed by atoms with van der Waals surface area (Å²) in [6.07, 6.45) is -0.111. The highest BCUT2D eigenvalue weighted by molar-refractivity contribution is 8.01. The summed E-state index contributed by atoms with van der Waals surface area (Å²) in [5.41, 5.74) is 5.64. The van der Waals surface area contributed by atoms with Crippen LogP contribution in [-0.2, 0) is 32.6 Å². The third kappa shape index (κ3) is 8.06. The van der Waals surface area contributed by atoms with Gasteiger partial charge in [0.05, 0.1) is 23.7 Å². The number of nitrogens with one attached hydrogen (secondary N) is 1. The SMILES string of the molecule is Cc1nnc(SC[C@H]2C[C@@H](c3ccc(CO)cc3)O[C@@H](c3ccc(-c4cccc(CNS(=O)(=O)c5ccccc5)c4)cc3)O2)s1. The molecule has 0 unspecified atom stereocenters. The summed E-state index contributed by atoms with van der Waals surface area (Å²) in [4.78, 5) is 0.240. The Labute approximate surface area is 271 Å². The fraction of sp³-hybridized carbons (Fsp3) is 0.235. The molecule has 3 atom stereocenters. The quantitative estimate of drug-likeness (QED) is 0.149. The summed E-state index contributed by atoms with van der Waals surface area (Å²) < 4.78 is 41.9. The van der Waals surface area contributed by atoms with Crippen LogP contribution in [0.4, 0.5) is 0 Å². The molecule has 45 heavy (non-hydrogen) atoms. The molecule has 8 nitrogen and oxygen atoms in total. The number of hydrogen-bond donors (Lipinski definition) is 2. The van der Waals surface area contributed by atoms with E-state index >= 15 is 0 Å². The molecule has 0 spiro atoms. The largest absolute Gasteiger partial charge is 0.392 e. The average Bonchev–Trinajstić information content (AvgIpc) is 3.52. The Morgan fingerprint density at radius 2 is 1.62 bits per heavy atom. The zero-order valence-corrected chi connectivity index (χ0v) is 27.0. The normalized spacial score (nSPS) is 18.6. The fourth-order valence-corrected chi connectivity index (χ4v) is 7.98. The maximum absolute atomic E-state index is 12.7. The zero-order chi connectivity index (χ0) is 31.2. The molecule has 1 saturated heterocycles. The average molecular weight is 660 g/mol. The number of aliphatic hydroxyl groups is 1. The van der Waals surface area contributed by atoms with E-state index in [1.807, 2.05) is 79.7 Å². The zero-order valence-electron chi connectivity index (χ0n) is 24.6. The summed E-state index contributed by atoms with van der Waals surface area (Å²) in [5, 5.41) is 18.8. The Hall–Kier alpha value is -3.42. The van der Waals surface area contributed by atoms with Crippen LogP contribution in [0.15, 0.2) is 112 Å². The summed E-state index contributed by atoms with van der Waals surface area (Å²) in [6, 6.07) is 32.1. The summed E-state index contributed by atoms with van der Waals surface area (Å²) in [5.74, 6) is 0.721. The second-order valence-electron chi connectivity index (χ2n) is 10.7. The molecule has 4 aromatic carbocycles. The Morgan fingerprint density at radius 1 is 0.867 bits per heavy atom. The number of aliphatic hydroxyl groups excluding tert-OH is 1. The number of ether oxygens (including phenoxy) is 2. The first-order valence-corrected chi connectivity index (χ1v) is 17.8. The lowest BCUT2D eigenvalue weighted by molar-refractivity contribution is -0.245. The lowest BCUT2D eigenvalue weighted by Gasteiger charge is -2.36. The summed E-state index contributed by atoms with van der Waals surface area (Å²) >= 11 is 3.22. The minimum Gasteiger partial charge on any atom is -0.392 e. The highest BCUT2D eigenvalue weighted by Gasteiger charge is 2.32. The van der Waals surface area contributed by atoms with Gasteiger partial charge in [-0.05, 0) is 52.9 Å². The van der Waals surface area contributed by atoms with Gasteiger partial charge in [-0.15, -0.1) is 10.2 Å². The predicted molar refractivity (Wildman–Crippen MR) is 176 cm³/mol. The molecule has 0 radical (unpaired) electrons. The van der Waals surface area contributed by atoms with Gasteiger partial charge in [-0.25, -0.2) is 13.1 Å². The van der Waals surface area contributed by atoms with E-state index in [2.05, 4.69) is 14.9 Å². The van der Waals surface area contributed by atoms with Crippen LogP contribution in [0.3, 0.4) is 0 Å². The Bertz CT molecular complexity index is 1810. The fourth-order valence-electron chi connectivity index (χ4n) is 5.08. The third-order valence-electron chi connectivity index (χ3n) is 7.48. The van der Waals surface area contributed by atoms with Crippen molar-refractivity contribution >= 4 is 33.1 Å². The van der Waals surface area contributed by atoms with Crippen molar-refractivity contribution in [2.75, 3.05) is 5.75 Å². The van der Waals surface area contributed by atoms with Gasteiger partial charge in [0.15, 0.2) is 10.6 Å². The predicted octanol–water partition coefficient (Wildman–Crippen LogP) is 6.82. The molecule has 1 aliphatic rings. The van der Waals surface area contributed by atoms with Gasteiger partial charge in [0, 0.05) is 24.3 Å². The highest BCUT2D eigenvalue weighted by atomic mass is 32.2. The van der Waals surface area contributed by atoms with Gasteiger partial charge in [0.2, 0.25) is 10.0 Å². The van der Waals surface area contributed by atoms with E-state index in [0.29, 0.717) is 6.42 Å². The van der Waals surface area contributed by atoms with E-state index in [1.54, 1.807) is 53.4 Å². The van der Waals surface area contributed by atoms with Gasteiger partial charge >= 0.3 is 0 Å². The maximum Gasteiger partial charge on any atom is 0.240 e. The molecular weight excluding hydrogens is 627 g/mol. The Balaban J connectivity index is 1.16. The first-order chi connectivity index (χ1) is 21.9. The van der Waals surface area contributed by atoms with Crippen molar-refractivity contribution in [2.24, 2.45) is 0 Å². The third-order valence-corrected chi connectivity index (χ3v) is 11.0. The van der Waals surface area contributed by atoms with E-state index in [4.69, 9.17) is 9.47 Å². The minimum absolute atomic E-state index is 0.00335. The van der Waals surface area contributed by atoms with Crippen molar-refractivity contribution in [1.82, 2.24) is 14.9 Å². The van der Waals surface area contributed by atoms with Crippen molar-refractivity contribution in [2.45, 2.75) is 54.2 Å². The number of thioether (sulfide) groups is 1. The van der Waals surface area contributed by atoms with Crippen LogP contribution >= 0.6 is 23.1 Å². The molecule has 1 aromatic heterocycles. The maximum atomic E-state index is 12.7. The second-order valence-corrected chi connectivity index (χ2v) is 14.9. The minimum atomic E-state index is -3.60. The molecule has 1 aliphatic heterocycles. The van der Waals surface area contributed by atoms with Crippen LogP contribution in [0.25, 0.3) is 11.1 Å². The van der Waals surface area contributed by atoms with Crippen LogP contribution in [0.5, 0.6) is 0 Å². The molecule has 2 N–H and O–H groups in total. The second kappa shape index (κ2) is 14.3. The molecule has 0 aliphatic carbocycles. The molecule has 0 amide bonds. The van der Waals surface area contributed by atoms with Crippen LogP contribution in [0, 0.1) is 6.92 Å². The molecule has 232 valence electrons. The number of rotatable bonds is 11. The standard InChI is InChI=1S/C34H33N3O5S3/c1-23-36-37-34(44-23)43-22-30-19-32(27-12-10-24(21-38)11-13-27)42-33(41-30)28-16-14-26(15-17-28)29-7-5-6-25(18-29)20-35-45(39,40)31-8-3-2-4-9-31/h2-18,30,32-33,35,38H,19-22H2,1H3/t30-,32+,33+/m1/s1. The molecule has 0 saturated carbocycles. The van der Waals surface area contributed by atoms with Crippen LogP contribution in [0.2, 0.25) is 0 Å². The van der Waals surface area contributed by atoms with E-state index in [9.17, 15) is 13.5 Å². The first-order valence-electron chi connectivity index (χ1n) is 14.5. The number of benzene rings is 4. The Kier molecular flexibility index (Phi) is 10.1. The van der Waals surface area contributed by atoms with Crippen LogP contribution in [0.1, 0.15) is 46.1 Å². The molecule has 11 heteroatoms. The first kappa shape index (κ1) is 31.6. The van der Waals surface area contributed by atoms with E-state index in [0.717, 1.165) is 48.5 Å². The molecule has 1 fully saturated rings. The molecular formula is C34H33N3O5S3. The topological polar surface area (TPSA) is 111 Å². The molecule has 6 rings (SSSR count). The van der Waals surface area contributed by atoms with E-state index in [-0.39, 0.29) is 30.3 Å². The highest BCUT2D eigenvalue weighted by Crippen LogP contribution is 2.40. The summed E-state index contributed by atoms with van der Waals surface area (Å²) in [6.45, 7) is 2.13. The monoisotopic (exact) mass is 659 g/mol. The van der Waals surface area contributed by atoms with Crippen LogP contribution < -0.4 is 4.72 Å². The number of aromatic nitrogens is 2. The molecule has 5 aromatic rings. The van der Waals surface area contributed by atoms with Gasteiger partial charge in [0.1, 0.15) is 5.01 Å². The molecule has 0 bridgehead atoms. The lowest BCUT2D eigenvalue weighted by atomic mass is 9.99. The number of nitrogens with zero attached hydrogens (tertiary/aromatic N) is 2. The number of sulfonamides is 1. The summed E-state index contributed by atoms with van der Waals surface area (Å²) in [7, 11) is -3.60. The van der Waals surface area contributed by atoms with Crippen LogP contribution in [-0.4, -0.2) is 35.6 Å². The van der Waals surface area contributed by atoms with Crippen molar-refractivity contribution in [3.63, 3.8) is 0 Å². The van der Waals surface area contributed by atoms with Gasteiger partial charge in [-0.3, -0.25) is 0 Å². The Morgan fingerprint density at radius 3 is 2.33 bits per heavy atom. The smallest absolute Gasteiger partial charge is 0.240 e. The van der Waals surface area contributed by atoms with Gasteiger partial charge in [0.25, 0.3) is 0 Å². The number of hydrogen-bond acceptors (Lipinski definition) is 9. The number of aryl methyl sites for hydroxylation is 1. The van der Waals surface area contributed by atoms with Crippen molar-refractivity contribution in [3.8, 4) is 11.1 Å².